The molecule has 0 spiro atoms. The van der Waals surface area contributed by atoms with E-state index in [4.69, 9.17) is 4.74 Å². The van der Waals surface area contributed by atoms with Crippen LogP contribution in [0.1, 0.15) is 25.6 Å². The molecule has 0 saturated carbocycles. The van der Waals surface area contributed by atoms with Crippen molar-refractivity contribution in [1.82, 2.24) is 4.90 Å². The Kier molecular flexibility index (Phi) is 4.71. The standard InChI is InChI=1S/C13H21NO2S/c1-10(9-11-7-6-8-17-11)14(4)12(15)13(2,3)16-5/h6-8,10H,9H2,1-5H3. The molecule has 1 unspecified atom stereocenters. The minimum Gasteiger partial charge on any atom is -0.369 e. The molecule has 1 rings (SSSR count). The van der Waals surface area contributed by atoms with E-state index in [1.165, 1.54) is 4.88 Å². The molecule has 3 nitrogen and oxygen atoms in total. The maximum atomic E-state index is 12.2. The number of carbonyl (C=O) groups excluding carboxylic acids is 1. The fourth-order valence-electron chi connectivity index (χ4n) is 1.57. The third kappa shape index (κ3) is 3.54. The van der Waals surface area contributed by atoms with Crippen LogP contribution < -0.4 is 0 Å². The molecule has 1 atom stereocenters. The average Bonchev–Trinajstić information content (AvgIpc) is 2.79. The maximum Gasteiger partial charge on any atom is 0.254 e. The largest absolute Gasteiger partial charge is 0.369 e. The third-order valence-corrected chi connectivity index (χ3v) is 3.98. The van der Waals surface area contributed by atoms with Crippen molar-refractivity contribution in [3.05, 3.63) is 22.4 Å². The first-order valence-corrected chi connectivity index (χ1v) is 6.61. The van der Waals surface area contributed by atoms with Crippen molar-refractivity contribution >= 4 is 17.2 Å². The number of methoxy groups -OCH3 is 1. The van der Waals surface area contributed by atoms with Crippen LogP contribution in [0.25, 0.3) is 0 Å². The number of nitrogens with zero attached hydrogens (tertiary/aromatic N) is 1. The van der Waals surface area contributed by atoms with E-state index in [9.17, 15) is 4.79 Å². The van der Waals surface area contributed by atoms with Gasteiger partial charge in [0.05, 0.1) is 0 Å². The second-order valence-corrected chi connectivity index (χ2v) is 5.80. The number of likely N-dealkylation sites (N-methyl/N-ethyl adjacent to an activating group) is 1. The highest BCUT2D eigenvalue weighted by Crippen LogP contribution is 2.17. The Labute approximate surface area is 107 Å². The number of hydrogen-bond acceptors (Lipinski definition) is 3. The first-order chi connectivity index (χ1) is 7.88. The molecule has 0 N–H and O–H groups in total. The number of ether oxygens (including phenoxy) is 1. The predicted molar refractivity (Wildman–Crippen MR) is 71.3 cm³/mol. The molecule has 0 aliphatic rings. The Morgan fingerprint density at radius 1 is 1.59 bits per heavy atom. The SMILES string of the molecule is COC(C)(C)C(=O)N(C)C(C)Cc1cccs1. The molecule has 96 valence electrons. The molecule has 0 aliphatic heterocycles. The average molecular weight is 255 g/mol. The summed E-state index contributed by atoms with van der Waals surface area (Å²) in [6.45, 7) is 5.65. The molecule has 1 amide bonds. The maximum absolute atomic E-state index is 12.2. The molecule has 0 aliphatic carbocycles. The highest BCUT2D eigenvalue weighted by atomic mass is 32.1. The molecule has 0 radical (unpaired) electrons. The van der Waals surface area contributed by atoms with E-state index in [2.05, 4.69) is 18.4 Å². The van der Waals surface area contributed by atoms with Gasteiger partial charge in [-0.2, -0.15) is 0 Å². The van der Waals surface area contributed by atoms with Gasteiger partial charge in [0, 0.05) is 31.5 Å². The van der Waals surface area contributed by atoms with Crippen molar-refractivity contribution in [3.8, 4) is 0 Å². The predicted octanol–water partition coefficient (Wildman–Crippen LogP) is 2.56. The van der Waals surface area contributed by atoms with Gasteiger partial charge in [0.1, 0.15) is 5.60 Å². The van der Waals surface area contributed by atoms with Crippen LogP contribution in [0.2, 0.25) is 0 Å². The lowest BCUT2D eigenvalue weighted by Crippen LogP contribution is -2.48. The summed E-state index contributed by atoms with van der Waals surface area (Å²) in [5, 5.41) is 2.06. The van der Waals surface area contributed by atoms with E-state index in [-0.39, 0.29) is 11.9 Å². The van der Waals surface area contributed by atoms with Crippen molar-refractivity contribution in [1.29, 1.82) is 0 Å². The van der Waals surface area contributed by atoms with E-state index >= 15 is 0 Å². The van der Waals surface area contributed by atoms with E-state index < -0.39 is 5.60 Å². The summed E-state index contributed by atoms with van der Waals surface area (Å²) < 4.78 is 5.22. The van der Waals surface area contributed by atoms with Crippen molar-refractivity contribution in [2.24, 2.45) is 0 Å². The van der Waals surface area contributed by atoms with Crippen molar-refractivity contribution in [2.45, 2.75) is 38.8 Å². The molecule has 1 aromatic heterocycles. The van der Waals surface area contributed by atoms with Gasteiger partial charge >= 0.3 is 0 Å². The van der Waals surface area contributed by atoms with Crippen LogP contribution in [-0.4, -0.2) is 36.6 Å². The lowest BCUT2D eigenvalue weighted by Gasteiger charge is -2.32. The van der Waals surface area contributed by atoms with E-state index in [0.717, 1.165) is 6.42 Å². The van der Waals surface area contributed by atoms with Crippen LogP contribution in [0.4, 0.5) is 0 Å². The zero-order valence-corrected chi connectivity index (χ0v) is 12.0. The van der Waals surface area contributed by atoms with Gasteiger partial charge in [-0.15, -0.1) is 11.3 Å². The molecular weight excluding hydrogens is 234 g/mol. The fraction of sp³-hybridized carbons (Fsp3) is 0.615. The van der Waals surface area contributed by atoms with Gasteiger partial charge in [-0.05, 0) is 32.2 Å². The zero-order valence-electron chi connectivity index (χ0n) is 11.2. The second kappa shape index (κ2) is 5.65. The van der Waals surface area contributed by atoms with Gasteiger partial charge in [0.25, 0.3) is 5.91 Å². The van der Waals surface area contributed by atoms with Crippen LogP contribution in [0.15, 0.2) is 17.5 Å². The summed E-state index contributed by atoms with van der Waals surface area (Å²) in [6, 6.07) is 4.31. The van der Waals surface area contributed by atoms with Crippen LogP contribution in [0.3, 0.4) is 0 Å². The molecule has 0 aromatic carbocycles. The number of rotatable bonds is 5. The van der Waals surface area contributed by atoms with Gasteiger partial charge in [0.2, 0.25) is 0 Å². The van der Waals surface area contributed by atoms with Gasteiger partial charge in [-0.1, -0.05) is 6.07 Å². The van der Waals surface area contributed by atoms with Gasteiger partial charge in [0.15, 0.2) is 0 Å². The van der Waals surface area contributed by atoms with Crippen molar-refractivity contribution in [2.75, 3.05) is 14.2 Å². The molecule has 1 aromatic rings. The quantitative estimate of drug-likeness (QED) is 0.809. The summed E-state index contributed by atoms with van der Waals surface area (Å²) in [7, 11) is 3.40. The van der Waals surface area contributed by atoms with Gasteiger partial charge < -0.3 is 9.64 Å². The Morgan fingerprint density at radius 2 is 2.24 bits per heavy atom. The Hall–Kier alpha value is -0.870. The Bertz CT molecular complexity index is 360. The molecule has 0 fully saturated rings. The van der Waals surface area contributed by atoms with Gasteiger partial charge in [-0.3, -0.25) is 4.79 Å². The van der Waals surface area contributed by atoms with E-state index in [1.54, 1.807) is 37.2 Å². The van der Waals surface area contributed by atoms with Crippen LogP contribution >= 0.6 is 11.3 Å². The summed E-state index contributed by atoms with van der Waals surface area (Å²) in [6.07, 6.45) is 0.889. The number of amides is 1. The minimum atomic E-state index is -0.752. The monoisotopic (exact) mass is 255 g/mol. The third-order valence-electron chi connectivity index (χ3n) is 3.08. The summed E-state index contributed by atoms with van der Waals surface area (Å²) >= 11 is 1.72. The molecule has 1 heterocycles. The topological polar surface area (TPSA) is 29.5 Å². The van der Waals surface area contributed by atoms with E-state index in [1.807, 2.05) is 13.1 Å². The van der Waals surface area contributed by atoms with E-state index in [0.29, 0.717) is 0 Å². The zero-order chi connectivity index (χ0) is 13.1. The Balaban J connectivity index is 2.63. The number of carbonyl (C=O) groups is 1. The Morgan fingerprint density at radius 3 is 2.71 bits per heavy atom. The van der Waals surface area contributed by atoms with Crippen LogP contribution in [0, 0.1) is 0 Å². The van der Waals surface area contributed by atoms with Crippen molar-refractivity contribution in [3.63, 3.8) is 0 Å². The number of hydrogen-bond donors (Lipinski definition) is 0. The second-order valence-electron chi connectivity index (χ2n) is 4.76. The highest BCUT2D eigenvalue weighted by molar-refractivity contribution is 7.09. The summed E-state index contributed by atoms with van der Waals surface area (Å²) in [5.41, 5.74) is -0.752. The lowest BCUT2D eigenvalue weighted by atomic mass is 10.1. The van der Waals surface area contributed by atoms with Gasteiger partial charge in [-0.25, -0.2) is 0 Å². The smallest absolute Gasteiger partial charge is 0.254 e. The van der Waals surface area contributed by atoms with Crippen LogP contribution in [0.5, 0.6) is 0 Å². The van der Waals surface area contributed by atoms with Crippen LogP contribution in [-0.2, 0) is 16.0 Å². The first kappa shape index (κ1) is 14.2. The highest BCUT2D eigenvalue weighted by Gasteiger charge is 2.32. The lowest BCUT2D eigenvalue weighted by molar-refractivity contribution is -0.151. The first-order valence-electron chi connectivity index (χ1n) is 5.73. The summed E-state index contributed by atoms with van der Waals surface area (Å²) in [4.78, 5) is 15.2. The minimum absolute atomic E-state index is 0.0176. The molecule has 0 bridgehead atoms. The fourth-order valence-corrected chi connectivity index (χ4v) is 2.40. The molecule has 0 saturated heterocycles. The summed E-state index contributed by atoms with van der Waals surface area (Å²) in [5.74, 6) is 0.0176. The molecular formula is C13H21NO2S. The normalized spacial score (nSPS) is 13.5. The molecule has 17 heavy (non-hydrogen) atoms. The number of thiophene rings is 1. The molecule has 4 heteroatoms. The van der Waals surface area contributed by atoms with Crippen molar-refractivity contribution < 1.29 is 9.53 Å².